The molecule has 0 saturated carbocycles. The third-order valence-electron chi connectivity index (χ3n) is 7.74. The molecular formula is C37H43F2N3O8. The number of rotatable bonds is 19. The van der Waals surface area contributed by atoms with Crippen LogP contribution in [-0.2, 0) is 48.3 Å². The number of halogens is 2. The maximum atomic E-state index is 15.6. The van der Waals surface area contributed by atoms with Gasteiger partial charge in [-0.3, -0.25) is 19.2 Å². The van der Waals surface area contributed by atoms with Gasteiger partial charge in [-0.05, 0) is 40.7 Å². The van der Waals surface area contributed by atoms with E-state index in [-0.39, 0.29) is 19.7 Å². The summed E-state index contributed by atoms with van der Waals surface area (Å²) >= 11 is 0. The van der Waals surface area contributed by atoms with Gasteiger partial charge in [-0.15, -0.1) is 0 Å². The Balaban J connectivity index is 1.80. The fourth-order valence-corrected chi connectivity index (χ4v) is 4.73. The van der Waals surface area contributed by atoms with E-state index in [4.69, 9.17) is 9.47 Å². The number of Topliss-reactive ketones (excluding diaryl/α,β-unsaturated/α-hetero) is 1. The molecule has 0 heterocycles. The van der Waals surface area contributed by atoms with Crippen LogP contribution in [0.2, 0.25) is 0 Å². The van der Waals surface area contributed by atoms with Gasteiger partial charge < -0.3 is 30.2 Å². The standard InChI is InChI=1S/C37H43F2N3O8/c1-24(2)31(22-48-23-43)41-35(46)37(38,39)33(44)30(19-26-15-17-29(18-16-26)49-20-27-11-7-5-8-12-27)40-34(45)32(25(3)4)42-36(47)50-21-28-13-9-6-10-14-28/h5-18,23-25,30-32H,19-22H2,1-4H3,(H,40,45)(H,41,46)(H,42,47)/t30-,31-,32-/m0/s1. The monoisotopic (exact) mass is 695 g/mol. The molecule has 0 spiro atoms. The summed E-state index contributed by atoms with van der Waals surface area (Å²) in [6.45, 7) is 6.37. The molecule has 13 heteroatoms. The molecule has 0 unspecified atom stereocenters. The van der Waals surface area contributed by atoms with Crippen molar-refractivity contribution < 1.29 is 47.0 Å². The second kappa shape index (κ2) is 19.0. The minimum Gasteiger partial charge on any atom is -0.489 e. The van der Waals surface area contributed by atoms with Gasteiger partial charge in [0.05, 0.1) is 12.1 Å². The fraction of sp³-hybridized carbons (Fsp3) is 0.378. The van der Waals surface area contributed by atoms with Crippen molar-refractivity contribution in [1.29, 1.82) is 0 Å². The lowest BCUT2D eigenvalue weighted by atomic mass is 9.96. The van der Waals surface area contributed by atoms with Crippen LogP contribution in [0.5, 0.6) is 5.75 Å². The first kappa shape index (κ1) is 39.1. The average Bonchev–Trinajstić information content (AvgIpc) is 3.10. The van der Waals surface area contributed by atoms with Crippen LogP contribution in [0.1, 0.15) is 44.4 Å². The van der Waals surface area contributed by atoms with E-state index in [0.29, 0.717) is 16.9 Å². The molecular weight excluding hydrogens is 652 g/mol. The Morgan fingerprint density at radius 1 is 0.740 bits per heavy atom. The van der Waals surface area contributed by atoms with Crippen molar-refractivity contribution in [3.05, 3.63) is 102 Å². The van der Waals surface area contributed by atoms with Crippen molar-refractivity contribution in [2.45, 2.75) is 71.4 Å². The van der Waals surface area contributed by atoms with Gasteiger partial charge in [0.15, 0.2) is 0 Å². The molecule has 3 rings (SSSR count). The van der Waals surface area contributed by atoms with Crippen LogP contribution in [0.3, 0.4) is 0 Å². The van der Waals surface area contributed by atoms with Crippen molar-refractivity contribution in [1.82, 2.24) is 16.0 Å². The summed E-state index contributed by atoms with van der Waals surface area (Å²) in [6, 6.07) is 20.3. The highest BCUT2D eigenvalue weighted by Gasteiger charge is 2.51. The third kappa shape index (κ3) is 12.0. The van der Waals surface area contributed by atoms with E-state index < -0.39 is 72.6 Å². The van der Waals surface area contributed by atoms with Crippen LogP contribution >= 0.6 is 0 Å². The zero-order valence-electron chi connectivity index (χ0n) is 28.4. The Kier molecular flexibility index (Phi) is 14.9. The molecule has 3 aromatic carbocycles. The Morgan fingerprint density at radius 3 is 1.86 bits per heavy atom. The number of hydrogen-bond acceptors (Lipinski definition) is 8. The highest BCUT2D eigenvalue weighted by Crippen LogP contribution is 2.22. The van der Waals surface area contributed by atoms with Gasteiger partial charge in [0.1, 0.15) is 31.6 Å². The molecule has 50 heavy (non-hydrogen) atoms. The van der Waals surface area contributed by atoms with Crippen LogP contribution in [0.4, 0.5) is 13.6 Å². The summed E-state index contributed by atoms with van der Waals surface area (Å²) in [4.78, 5) is 63.0. The molecule has 268 valence electrons. The molecule has 0 fully saturated rings. The molecule has 3 N–H and O–H groups in total. The van der Waals surface area contributed by atoms with Gasteiger partial charge in [-0.25, -0.2) is 4.79 Å². The summed E-state index contributed by atoms with van der Waals surface area (Å²) in [5, 5.41) is 6.85. The number of benzene rings is 3. The summed E-state index contributed by atoms with van der Waals surface area (Å²) in [6.07, 6.45) is -1.35. The summed E-state index contributed by atoms with van der Waals surface area (Å²) in [5.74, 6) is -9.83. The second-order valence-corrected chi connectivity index (χ2v) is 12.3. The highest BCUT2D eigenvalue weighted by atomic mass is 19.3. The Bertz CT molecular complexity index is 1550. The number of alkyl halides is 2. The van der Waals surface area contributed by atoms with Gasteiger partial charge >= 0.3 is 12.0 Å². The lowest BCUT2D eigenvalue weighted by Gasteiger charge is -2.28. The number of nitrogens with one attached hydrogen (secondary N) is 3. The van der Waals surface area contributed by atoms with E-state index in [9.17, 15) is 24.0 Å². The molecule has 3 amide bonds. The lowest BCUT2D eigenvalue weighted by molar-refractivity contribution is -0.161. The van der Waals surface area contributed by atoms with Crippen molar-refractivity contribution in [2.24, 2.45) is 11.8 Å². The molecule has 0 aliphatic carbocycles. The molecule has 0 aromatic heterocycles. The van der Waals surface area contributed by atoms with Gasteiger partial charge in [0.2, 0.25) is 11.7 Å². The van der Waals surface area contributed by atoms with E-state index >= 15 is 8.78 Å². The lowest BCUT2D eigenvalue weighted by Crippen LogP contribution is -2.60. The van der Waals surface area contributed by atoms with Crippen LogP contribution in [0.25, 0.3) is 0 Å². The number of carbonyl (C=O) groups excluding carboxylic acids is 5. The Labute approximate surface area is 290 Å². The minimum atomic E-state index is -4.60. The predicted molar refractivity (Wildman–Crippen MR) is 180 cm³/mol. The first-order valence-electron chi connectivity index (χ1n) is 16.1. The molecule has 0 aliphatic heterocycles. The van der Waals surface area contributed by atoms with Crippen molar-refractivity contribution >= 4 is 30.2 Å². The zero-order chi connectivity index (χ0) is 36.7. The van der Waals surface area contributed by atoms with E-state index in [1.807, 2.05) is 30.3 Å². The first-order chi connectivity index (χ1) is 23.8. The first-order valence-corrected chi connectivity index (χ1v) is 16.1. The highest BCUT2D eigenvalue weighted by molar-refractivity contribution is 6.10. The number of ketones is 1. The molecule has 0 saturated heterocycles. The minimum absolute atomic E-state index is 0.0815. The topological polar surface area (TPSA) is 149 Å². The molecule has 11 nitrogen and oxygen atoms in total. The van der Waals surface area contributed by atoms with E-state index in [2.05, 4.69) is 20.7 Å². The van der Waals surface area contributed by atoms with Crippen molar-refractivity contribution in [3.8, 4) is 5.75 Å². The number of alkyl carbamates (subject to hydrolysis) is 1. The molecule has 0 aliphatic rings. The maximum absolute atomic E-state index is 15.6. The molecule has 3 atom stereocenters. The Hall–Kier alpha value is -5.33. The quantitative estimate of drug-likeness (QED) is 0.120. The number of carbonyl (C=O) groups is 5. The largest absolute Gasteiger partial charge is 0.489 e. The van der Waals surface area contributed by atoms with Gasteiger partial charge in [0, 0.05) is 6.42 Å². The molecule has 0 radical (unpaired) electrons. The number of ether oxygens (including phenoxy) is 3. The molecule has 0 bridgehead atoms. The van der Waals surface area contributed by atoms with Gasteiger partial charge in [-0.2, -0.15) is 8.78 Å². The van der Waals surface area contributed by atoms with Gasteiger partial charge in [-0.1, -0.05) is 100 Å². The summed E-state index contributed by atoms with van der Waals surface area (Å²) in [5.41, 5.74) is 2.01. The average molecular weight is 696 g/mol. The zero-order valence-corrected chi connectivity index (χ0v) is 28.4. The Morgan fingerprint density at radius 2 is 1.32 bits per heavy atom. The van der Waals surface area contributed by atoms with Crippen molar-refractivity contribution in [2.75, 3.05) is 6.61 Å². The predicted octanol–water partition coefficient (Wildman–Crippen LogP) is 4.76. The number of amides is 3. The summed E-state index contributed by atoms with van der Waals surface area (Å²) in [7, 11) is 0. The van der Waals surface area contributed by atoms with E-state index in [1.54, 1.807) is 82.3 Å². The SMILES string of the molecule is CC(C)[C@H](COC=O)NC(=O)C(F)(F)C(=O)[C@H](Cc1ccc(OCc2ccccc2)cc1)NC(=O)[C@@H](NC(=O)OCc1ccccc1)C(C)C. The van der Waals surface area contributed by atoms with Crippen LogP contribution < -0.4 is 20.7 Å². The van der Waals surface area contributed by atoms with Gasteiger partial charge in [0.25, 0.3) is 12.4 Å². The summed E-state index contributed by atoms with van der Waals surface area (Å²) < 4.78 is 46.8. The van der Waals surface area contributed by atoms with E-state index in [0.717, 1.165) is 5.56 Å². The normalized spacial score (nSPS) is 13.0. The van der Waals surface area contributed by atoms with Crippen LogP contribution in [0.15, 0.2) is 84.9 Å². The fourth-order valence-electron chi connectivity index (χ4n) is 4.73. The number of hydrogen-bond donors (Lipinski definition) is 3. The molecule has 3 aromatic rings. The van der Waals surface area contributed by atoms with E-state index in [1.165, 1.54) is 0 Å². The smallest absolute Gasteiger partial charge is 0.408 e. The maximum Gasteiger partial charge on any atom is 0.408 e. The second-order valence-electron chi connectivity index (χ2n) is 12.3. The van der Waals surface area contributed by atoms with Crippen molar-refractivity contribution in [3.63, 3.8) is 0 Å². The van der Waals surface area contributed by atoms with Crippen LogP contribution in [-0.4, -0.2) is 60.8 Å². The third-order valence-corrected chi connectivity index (χ3v) is 7.74. The van der Waals surface area contributed by atoms with Crippen LogP contribution in [0, 0.1) is 11.8 Å².